The number of carbonyl (C=O) groups excluding carboxylic acids is 1. The number of imidazole rings is 1. The molecule has 170 valence electrons. The molecule has 1 aliphatic rings. The third kappa shape index (κ3) is 4.17. The first-order valence-electron chi connectivity index (χ1n) is 11.2. The Hall–Kier alpha value is -2.71. The van der Waals surface area contributed by atoms with E-state index in [1.165, 1.54) is 15.4 Å². The highest BCUT2D eigenvalue weighted by Crippen LogP contribution is 2.30. The van der Waals surface area contributed by atoms with Crippen molar-refractivity contribution in [3.05, 3.63) is 59.4 Å². The van der Waals surface area contributed by atoms with Gasteiger partial charge in [-0.2, -0.15) is 4.31 Å². The summed E-state index contributed by atoms with van der Waals surface area (Å²) in [5.74, 6) is 0.767. The smallest absolute Gasteiger partial charge is 0.243 e. The number of sulfonamides is 1. The summed E-state index contributed by atoms with van der Waals surface area (Å²) in [6, 6.07) is 13.4. The van der Waals surface area contributed by atoms with Crippen LogP contribution in [0.1, 0.15) is 49.7 Å². The van der Waals surface area contributed by atoms with Crippen molar-refractivity contribution in [2.45, 2.75) is 50.5 Å². The molecule has 32 heavy (non-hydrogen) atoms. The highest BCUT2D eigenvalue weighted by atomic mass is 32.2. The molecule has 0 aliphatic heterocycles. The average molecular weight is 455 g/mol. The maximum atomic E-state index is 12.8. The van der Waals surface area contributed by atoms with Gasteiger partial charge < -0.3 is 9.88 Å². The van der Waals surface area contributed by atoms with Crippen molar-refractivity contribution >= 4 is 27.0 Å². The lowest BCUT2D eigenvalue weighted by Gasteiger charge is -2.18. The molecule has 8 heteroatoms. The molecule has 1 N–H and O–H groups in total. The van der Waals surface area contributed by atoms with E-state index in [1.807, 2.05) is 37.6 Å². The Bertz CT molecular complexity index is 1250. The summed E-state index contributed by atoms with van der Waals surface area (Å²) < 4.78 is 29.0. The van der Waals surface area contributed by atoms with Gasteiger partial charge in [-0.15, -0.1) is 0 Å². The minimum absolute atomic E-state index is 0.00330. The second kappa shape index (κ2) is 9.03. The zero-order chi connectivity index (χ0) is 22.9. The van der Waals surface area contributed by atoms with Crippen molar-refractivity contribution in [1.29, 1.82) is 0 Å². The summed E-state index contributed by atoms with van der Waals surface area (Å²) in [4.78, 5) is 17.5. The Balaban J connectivity index is 1.47. The van der Waals surface area contributed by atoms with Crippen LogP contribution in [0.3, 0.4) is 0 Å². The monoisotopic (exact) mass is 454 g/mol. The zero-order valence-electron chi connectivity index (χ0n) is 18.8. The van der Waals surface area contributed by atoms with Gasteiger partial charge in [0.1, 0.15) is 5.82 Å². The number of amides is 1. The fourth-order valence-electron chi connectivity index (χ4n) is 4.53. The summed E-state index contributed by atoms with van der Waals surface area (Å²) in [5.41, 5.74) is 4.00. The van der Waals surface area contributed by atoms with E-state index in [4.69, 9.17) is 0 Å². The van der Waals surface area contributed by atoms with E-state index in [0.717, 1.165) is 24.2 Å². The molecule has 3 aromatic rings. The summed E-state index contributed by atoms with van der Waals surface area (Å²) in [6.07, 6.45) is 2.75. The highest BCUT2D eigenvalue weighted by Gasteiger charge is 2.24. The Labute approximate surface area is 189 Å². The van der Waals surface area contributed by atoms with Crippen LogP contribution in [-0.4, -0.2) is 41.3 Å². The van der Waals surface area contributed by atoms with E-state index in [2.05, 4.69) is 22.4 Å². The van der Waals surface area contributed by atoms with Gasteiger partial charge in [0.2, 0.25) is 15.9 Å². The Morgan fingerprint density at radius 3 is 2.69 bits per heavy atom. The third-order valence-corrected chi connectivity index (χ3v) is 8.38. The van der Waals surface area contributed by atoms with Crippen molar-refractivity contribution in [2.24, 2.45) is 7.05 Å². The van der Waals surface area contributed by atoms with E-state index in [-0.39, 0.29) is 16.8 Å². The first-order valence-corrected chi connectivity index (χ1v) is 12.6. The summed E-state index contributed by atoms with van der Waals surface area (Å²) >= 11 is 0. The fourth-order valence-corrected chi connectivity index (χ4v) is 6.00. The van der Waals surface area contributed by atoms with Gasteiger partial charge in [0.15, 0.2) is 0 Å². The van der Waals surface area contributed by atoms with Gasteiger partial charge in [-0.3, -0.25) is 4.79 Å². The molecule has 0 bridgehead atoms. The molecule has 0 fully saturated rings. The van der Waals surface area contributed by atoms with Gasteiger partial charge in [-0.25, -0.2) is 13.4 Å². The zero-order valence-corrected chi connectivity index (χ0v) is 19.7. The molecule has 0 unspecified atom stereocenters. The van der Waals surface area contributed by atoms with Gasteiger partial charge in [0.25, 0.3) is 0 Å². The van der Waals surface area contributed by atoms with Crippen LogP contribution in [0.4, 0.5) is 0 Å². The Kier molecular flexibility index (Phi) is 6.35. The van der Waals surface area contributed by atoms with Crippen LogP contribution in [0.25, 0.3) is 11.0 Å². The standard InChI is InChI=1S/C24H30N4O3S/c1-4-28(5-2)32(30,31)18-11-13-22-21(16-18)25-23(27(22)3)14-15-24(29)26-20-12-10-17-8-6-7-9-19(17)20/h6-9,11,13,16,20H,4-5,10,12,14-15H2,1-3H3,(H,26,29)/t20-/m0/s1. The molecule has 0 spiro atoms. The van der Waals surface area contributed by atoms with E-state index in [9.17, 15) is 13.2 Å². The first-order chi connectivity index (χ1) is 15.3. The number of hydrogen-bond acceptors (Lipinski definition) is 4. The van der Waals surface area contributed by atoms with Crippen LogP contribution in [0.15, 0.2) is 47.4 Å². The number of benzene rings is 2. The Morgan fingerprint density at radius 2 is 1.94 bits per heavy atom. The SMILES string of the molecule is CCN(CC)S(=O)(=O)c1ccc2c(c1)nc(CCC(=O)N[C@H]1CCc3ccccc31)n2C. The quantitative estimate of drug-likeness (QED) is 0.566. The number of nitrogens with zero attached hydrogens (tertiary/aromatic N) is 3. The number of aryl methyl sites for hydroxylation is 3. The van der Waals surface area contributed by atoms with Crippen molar-refractivity contribution in [1.82, 2.24) is 19.2 Å². The van der Waals surface area contributed by atoms with Crippen LogP contribution in [0.5, 0.6) is 0 Å². The van der Waals surface area contributed by atoms with Crippen LogP contribution in [0, 0.1) is 0 Å². The van der Waals surface area contributed by atoms with E-state index >= 15 is 0 Å². The number of rotatable bonds is 8. The van der Waals surface area contributed by atoms with Gasteiger partial charge >= 0.3 is 0 Å². The Morgan fingerprint density at radius 1 is 1.19 bits per heavy atom. The molecule has 0 saturated carbocycles. The molecule has 1 atom stereocenters. The molecule has 4 rings (SSSR count). The van der Waals surface area contributed by atoms with Crippen LogP contribution in [0.2, 0.25) is 0 Å². The molecule has 1 heterocycles. The third-order valence-electron chi connectivity index (χ3n) is 6.33. The lowest BCUT2D eigenvalue weighted by molar-refractivity contribution is -0.121. The molecule has 2 aromatic carbocycles. The first kappa shape index (κ1) is 22.5. The van der Waals surface area contributed by atoms with Crippen molar-refractivity contribution < 1.29 is 13.2 Å². The largest absolute Gasteiger partial charge is 0.349 e. The molecular formula is C24H30N4O3S. The molecule has 1 amide bonds. The molecular weight excluding hydrogens is 424 g/mol. The molecule has 0 saturated heterocycles. The molecule has 0 radical (unpaired) electrons. The second-order valence-electron chi connectivity index (χ2n) is 8.18. The molecule has 7 nitrogen and oxygen atoms in total. The average Bonchev–Trinajstić information content (AvgIpc) is 3.33. The second-order valence-corrected chi connectivity index (χ2v) is 10.1. The van der Waals surface area contributed by atoms with E-state index in [1.54, 1.807) is 18.2 Å². The van der Waals surface area contributed by atoms with Crippen LogP contribution >= 0.6 is 0 Å². The van der Waals surface area contributed by atoms with Crippen molar-refractivity contribution in [3.8, 4) is 0 Å². The predicted molar refractivity (Wildman–Crippen MR) is 125 cm³/mol. The topological polar surface area (TPSA) is 84.3 Å². The number of carbonyl (C=O) groups is 1. The van der Waals surface area contributed by atoms with E-state index < -0.39 is 10.0 Å². The normalized spacial score (nSPS) is 15.9. The number of aromatic nitrogens is 2. The number of hydrogen-bond donors (Lipinski definition) is 1. The van der Waals surface area contributed by atoms with Crippen molar-refractivity contribution in [3.63, 3.8) is 0 Å². The number of nitrogens with one attached hydrogen (secondary N) is 1. The minimum Gasteiger partial charge on any atom is -0.349 e. The molecule has 1 aliphatic carbocycles. The van der Waals surface area contributed by atoms with Gasteiger partial charge in [0, 0.05) is 33.0 Å². The minimum atomic E-state index is -3.54. The summed E-state index contributed by atoms with van der Waals surface area (Å²) in [5, 5.41) is 3.15. The van der Waals surface area contributed by atoms with Gasteiger partial charge in [-0.1, -0.05) is 38.1 Å². The van der Waals surface area contributed by atoms with Gasteiger partial charge in [0.05, 0.1) is 22.0 Å². The fraction of sp³-hybridized carbons (Fsp3) is 0.417. The van der Waals surface area contributed by atoms with Crippen LogP contribution in [-0.2, 0) is 34.7 Å². The maximum absolute atomic E-state index is 12.8. The van der Waals surface area contributed by atoms with Gasteiger partial charge in [-0.05, 0) is 42.2 Å². The molecule has 1 aromatic heterocycles. The van der Waals surface area contributed by atoms with Crippen molar-refractivity contribution in [2.75, 3.05) is 13.1 Å². The lowest BCUT2D eigenvalue weighted by Crippen LogP contribution is -2.30. The summed E-state index contributed by atoms with van der Waals surface area (Å²) in [6.45, 7) is 4.50. The van der Waals surface area contributed by atoms with Crippen LogP contribution < -0.4 is 5.32 Å². The predicted octanol–water partition coefficient (Wildman–Crippen LogP) is 3.34. The highest BCUT2D eigenvalue weighted by molar-refractivity contribution is 7.89. The number of fused-ring (bicyclic) bond motifs is 2. The maximum Gasteiger partial charge on any atom is 0.243 e. The van der Waals surface area contributed by atoms with E-state index in [0.29, 0.717) is 31.4 Å². The summed E-state index contributed by atoms with van der Waals surface area (Å²) in [7, 11) is -1.64. The lowest BCUT2D eigenvalue weighted by atomic mass is 10.1.